The van der Waals surface area contributed by atoms with Gasteiger partial charge in [0.1, 0.15) is 0 Å². The van der Waals surface area contributed by atoms with Crippen molar-refractivity contribution in [2.45, 2.75) is 69.4 Å². The van der Waals surface area contributed by atoms with E-state index in [1.807, 2.05) is 0 Å². The van der Waals surface area contributed by atoms with Crippen LogP contribution < -0.4 is 5.73 Å². The SMILES string of the molecule is CC1CC(C)CC(O)(C2(N)CCC(F)(F)C2)C1. The van der Waals surface area contributed by atoms with Crippen molar-refractivity contribution in [3.8, 4) is 0 Å². The smallest absolute Gasteiger partial charge is 0.250 e. The van der Waals surface area contributed by atoms with Gasteiger partial charge in [-0.2, -0.15) is 0 Å². The summed E-state index contributed by atoms with van der Waals surface area (Å²) in [6.45, 7) is 4.13. The summed E-state index contributed by atoms with van der Waals surface area (Å²) in [7, 11) is 0. The topological polar surface area (TPSA) is 46.2 Å². The molecule has 0 aromatic heterocycles. The van der Waals surface area contributed by atoms with Crippen molar-refractivity contribution in [3.63, 3.8) is 0 Å². The monoisotopic (exact) mass is 247 g/mol. The van der Waals surface area contributed by atoms with E-state index < -0.39 is 17.1 Å². The lowest BCUT2D eigenvalue weighted by molar-refractivity contribution is -0.101. The molecule has 2 fully saturated rings. The molecule has 0 aromatic carbocycles. The van der Waals surface area contributed by atoms with E-state index in [1.165, 1.54) is 0 Å². The fourth-order valence-corrected chi connectivity index (χ4v) is 3.94. The van der Waals surface area contributed by atoms with Crippen LogP contribution in [-0.4, -0.2) is 22.2 Å². The molecule has 0 radical (unpaired) electrons. The van der Waals surface area contributed by atoms with Gasteiger partial charge in [-0.3, -0.25) is 0 Å². The maximum absolute atomic E-state index is 13.4. The van der Waals surface area contributed by atoms with Crippen LogP contribution in [0.1, 0.15) is 52.4 Å². The summed E-state index contributed by atoms with van der Waals surface area (Å²) in [5.41, 5.74) is 3.93. The number of hydrogen-bond donors (Lipinski definition) is 2. The van der Waals surface area contributed by atoms with Gasteiger partial charge in [0, 0.05) is 12.8 Å². The molecule has 2 rings (SSSR count). The van der Waals surface area contributed by atoms with Gasteiger partial charge in [-0.15, -0.1) is 0 Å². The molecule has 4 heteroatoms. The van der Waals surface area contributed by atoms with Gasteiger partial charge in [0.05, 0.1) is 11.1 Å². The van der Waals surface area contributed by atoms with Crippen molar-refractivity contribution in [1.29, 1.82) is 0 Å². The summed E-state index contributed by atoms with van der Waals surface area (Å²) in [6, 6.07) is 0. The number of alkyl halides is 2. The highest BCUT2D eigenvalue weighted by Crippen LogP contribution is 2.51. The number of halogens is 2. The minimum Gasteiger partial charge on any atom is -0.388 e. The van der Waals surface area contributed by atoms with Gasteiger partial charge in [-0.1, -0.05) is 13.8 Å². The zero-order chi connectivity index (χ0) is 12.9. The van der Waals surface area contributed by atoms with E-state index in [9.17, 15) is 13.9 Å². The van der Waals surface area contributed by atoms with E-state index >= 15 is 0 Å². The average molecular weight is 247 g/mol. The van der Waals surface area contributed by atoms with Crippen LogP contribution in [-0.2, 0) is 0 Å². The van der Waals surface area contributed by atoms with E-state index in [0.29, 0.717) is 24.7 Å². The van der Waals surface area contributed by atoms with Crippen LogP contribution in [0, 0.1) is 11.8 Å². The molecule has 2 aliphatic rings. The van der Waals surface area contributed by atoms with Crippen molar-refractivity contribution in [1.82, 2.24) is 0 Å². The van der Waals surface area contributed by atoms with Gasteiger partial charge in [0.2, 0.25) is 5.92 Å². The molecule has 0 aromatic rings. The Hall–Kier alpha value is -0.220. The molecule has 0 spiro atoms. The molecular weight excluding hydrogens is 224 g/mol. The van der Waals surface area contributed by atoms with Crippen molar-refractivity contribution in [2.24, 2.45) is 17.6 Å². The second kappa shape index (κ2) is 3.89. The summed E-state index contributed by atoms with van der Waals surface area (Å²) in [5.74, 6) is -1.98. The number of aliphatic hydroxyl groups is 1. The molecule has 0 bridgehead atoms. The standard InChI is InChI=1S/C13H23F2NO/c1-9-5-10(2)7-12(17,6-9)11(16)3-4-13(14,15)8-11/h9-10,17H,3-8,16H2,1-2H3. The highest BCUT2D eigenvalue weighted by Gasteiger charge is 2.58. The molecule has 3 N–H and O–H groups in total. The van der Waals surface area contributed by atoms with Crippen molar-refractivity contribution in [2.75, 3.05) is 0 Å². The Balaban J connectivity index is 2.20. The van der Waals surface area contributed by atoms with Crippen molar-refractivity contribution < 1.29 is 13.9 Å². The van der Waals surface area contributed by atoms with Crippen LogP contribution in [0.2, 0.25) is 0 Å². The summed E-state index contributed by atoms with van der Waals surface area (Å²) < 4.78 is 26.7. The molecule has 2 nitrogen and oxygen atoms in total. The molecule has 0 saturated heterocycles. The zero-order valence-electron chi connectivity index (χ0n) is 10.7. The molecule has 17 heavy (non-hydrogen) atoms. The van der Waals surface area contributed by atoms with Crippen LogP contribution in [0.3, 0.4) is 0 Å². The van der Waals surface area contributed by atoms with E-state index in [1.54, 1.807) is 0 Å². The lowest BCUT2D eigenvalue weighted by Crippen LogP contribution is -2.62. The predicted octanol–water partition coefficient (Wildman–Crippen LogP) is 2.69. The first-order valence-corrected chi connectivity index (χ1v) is 6.55. The van der Waals surface area contributed by atoms with E-state index in [2.05, 4.69) is 13.8 Å². The summed E-state index contributed by atoms with van der Waals surface area (Å²) in [6.07, 6.45) is 1.85. The third-order valence-corrected chi connectivity index (χ3v) is 4.61. The minimum absolute atomic E-state index is 0.186. The molecule has 3 unspecified atom stereocenters. The zero-order valence-corrected chi connectivity index (χ0v) is 10.7. The first-order valence-electron chi connectivity index (χ1n) is 6.55. The first kappa shape index (κ1) is 13.2. The first-order chi connectivity index (χ1) is 7.66. The van der Waals surface area contributed by atoms with Gasteiger partial charge in [-0.25, -0.2) is 8.78 Å². The third kappa shape index (κ3) is 2.34. The van der Waals surface area contributed by atoms with Crippen LogP contribution in [0.5, 0.6) is 0 Å². The van der Waals surface area contributed by atoms with Gasteiger partial charge in [-0.05, 0) is 37.5 Å². The highest BCUT2D eigenvalue weighted by atomic mass is 19.3. The van der Waals surface area contributed by atoms with Gasteiger partial charge >= 0.3 is 0 Å². The average Bonchev–Trinajstić information content (AvgIpc) is 2.39. The minimum atomic E-state index is -2.70. The van der Waals surface area contributed by atoms with Crippen LogP contribution in [0.25, 0.3) is 0 Å². The van der Waals surface area contributed by atoms with E-state index in [0.717, 1.165) is 6.42 Å². The summed E-state index contributed by atoms with van der Waals surface area (Å²) >= 11 is 0. The fourth-order valence-electron chi connectivity index (χ4n) is 3.94. The molecule has 0 amide bonds. The second-order valence-electron chi connectivity index (χ2n) is 6.57. The molecule has 2 aliphatic carbocycles. The number of rotatable bonds is 1. The number of hydrogen-bond acceptors (Lipinski definition) is 2. The Bertz CT molecular complexity index is 298. The van der Waals surface area contributed by atoms with E-state index in [-0.39, 0.29) is 19.3 Å². The molecule has 2 saturated carbocycles. The van der Waals surface area contributed by atoms with Crippen LogP contribution in [0.4, 0.5) is 8.78 Å². The molecule has 0 heterocycles. The summed E-state index contributed by atoms with van der Waals surface area (Å²) in [5, 5.41) is 10.7. The van der Waals surface area contributed by atoms with Crippen molar-refractivity contribution in [3.05, 3.63) is 0 Å². The highest BCUT2D eigenvalue weighted by molar-refractivity contribution is 5.12. The Morgan fingerprint density at radius 1 is 1.12 bits per heavy atom. The second-order valence-corrected chi connectivity index (χ2v) is 6.57. The lowest BCUT2D eigenvalue weighted by Gasteiger charge is -2.48. The Morgan fingerprint density at radius 2 is 1.65 bits per heavy atom. The largest absolute Gasteiger partial charge is 0.388 e. The van der Waals surface area contributed by atoms with Gasteiger partial charge < -0.3 is 10.8 Å². The fraction of sp³-hybridized carbons (Fsp3) is 1.00. The third-order valence-electron chi connectivity index (χ3n) is 4.61. The van der Waals surface area contributed by atoms with Crippen LogP contribution >= 0.6 is 0 Å². The Labute approximate surface area is 102 Å². The van der Waals surface area contributed by atoms with Gasteiger partial charge in [0.15, 0.2) is 0 Å². The maximum atomic E-state index is 13.4. The normalized spacial score (nSPS) is 50.5. The van der Waals surface area contributed by atoms with Crippen molar-refractivity contribution >= 4 is 0 Å². The van der Waals surface area contributed by atoms with Crippen LogP contribution in [0.15, 0.2) is 0 Å². The number of nitrogens with two attached hydrogens (primary N) is 1. The lowest BCUT2D eigenvalue weighted by atomic mass is 9.64. The maximum Gasteiger partial charge on any atom is 0.250 e. The Morgan fingerprint density at radius 3 is 2.06 bits per heavy atom. The molecular formula is C13H23F2NO. The predicted molar refractivity (Wildman–Crippen MR) is 62.8 cm³/mol. The molecule has 0 aliphatic heterocycles. The quantitative estimate of drug-likeness (QED) is 0.748. The van der Waals surface area contributed by atoms with E-state index in [4.69, 9.17) is 5.73 Å². The molecule has 100 valence electrons. The molecule has 3 atom stereocenters. The van der Waals surface area contributed by atoms with Gasteiger partial charge in [0.25, 0.3) is 0 Å². The Kier molecular flexibility index (Phi) is 3.02. The summed E-state index contributed by atoms with van der Waals surface area (Å²) in [4.78, 5) is 0.